The van der Waals surface area contributed by atoms with E-state index < -0.39 is 29.9 Å². The summed E-state index contributed by atoms with van der Waals surface area (Å²) in [5.74, 6) is -0.721. The summed E-state index contributed by atoms with van der Waals surface area (Å²) >= 11 is 0. The summed E-state index contributed by atoms with van der Waals surface area (Å²) < 4.78 is 34.9. The predicted octanol–water partition coefficient (Wildman–Crippen LogP) is 2.24. The van der Waals surface area contributed by atoms with Gasteiger partial charge in [0.25, 0.3) is 0 Å². The summed E-state index contributed by atoms with van der Waals surface area (Å²) in [5.41, 5.74) is 1.04. The Hall–Kier alpha value is -1.22. The number of aliphatic hydroxyl groups excluding tert-OH is 1. The third-order valence-corrected chi connectivity index (χ3v) is 4.66. The van der Waals surface area contributed by atoms with E-state index in [-0.39, 0.29) is 12.7 Å². The van der Waals surface area contributed by atoms with Crippen LogP contribution in [0.5, 0.6) is 5.75 Å². The van der Waals surface area contributed by atoms with Crippen molar-refractivity contribution in [3.63, 3.8) is 0 Å². The summed E-state index contributed by atoms with van der Waals surface area (Å²) in [5, 5.41) is 9.67. The molecule has 0 unspecified atom stereocenters. The summed E-state index contributed by atoms with van der Waals surface area (Å²) in [6.07, 6.45) is -1.61. The number of hydrogen-bond acceptors (Lipinski definition) is 7. The van der Waals surface area contributed by atoms with E-state index in [1.807, 2.05) is 52.0 Å². The fourth-order valence-electron chi connectivity index (χ4n) is 3.57. The van der Waals surface area contributed by atoms with Crippen LogP contribution in [-0.2, 0) is 30.3 Å². The van der Waals surface area contributed by atoms with Crippen LogP contribution in [0.1, 0.15) is 33.3 Å². The van der Waals surface area contributed by atoms with E-state index in [9.17, 15) is 5.11 Å². The van der Waals surface area contributed by atoms with Crippen molar-refractivity contribution in [1.82, 2.24) is 0 Å². The SMILES string of the molecule is COc1ccc(COC[C@H]2OC(C)(C)O[C@@H]2[C@H]2OC(C)(C)O[C@@H]2CO)cc1. The van der Waals surface area contributed by atoms with Crippen LogP contribution in [0.3, 0.4) is 0 Å². The standard InChI is InChI=1S/C20H30O7/c1-19(2)24-15(10-21)17(26-19)18-16(25-20(3,4)27-18)12-23-11-13-6-8-14(22-5)9-7-13/h6-9,15-18,21H,10-12H2,1-5H3/t15-,16-,17+,18+/m1/s1. The van der Waals surface area contributed by atoms with Gasteiger partial charge in [0.2, 0.25) is 0 Å². The van der Waals surface area contributed by atoms with E-state index in [2.05, 4.69) is 0 Å². The topological polar surface area (TPSA) is 75.6 Å². The molecule has 7 heteroatoms. The van der Waals surface area contributed by atoms with E-state index in [1.54, 1.807) is 7.11 Å². The monoisotopic (exact) mass is 382 g/mol. The van der Waals surface area contributed by atoms with Crippen LogP contribution in [-0.4, -0.2) is 61.4 Å². The molecule has 0 saturated carbocycles. The molecule has 1 N–H and O–H groups in total. The minimum Gasteiger partial charge on any atom is -0.497 e. The van der Waals surface area contributed by atoms with Gasteiger partial charge in [0.1, 0.15) is 30.2 Å². The predicted molar refractivity (Wildman–Crippen MR) is 97.4 cm³/mol. The molecule has 2 fully saturated rings. The average molecular weight is 382 g/mol. The van der Waals surface area contributed by atoms with Gasteiger partial charge in [0.15, 0.2) is 11.6 Å². The molecule has 0 radical (unpaired) electrons. The zero-order valence-electron chi connectivity index (χ0n) is 16.6. The zero-order chi connectivity index (χ0) is 19.7. The van der Waals surface area contributed by atoms with E-state index in [1.165, 1.54) is 0 Å². The minimum absolute atomic E-state index is 0.145. The summed E-state index contributed by atoms with van der Waals surface area (Å²) in [6.45, 7) is 8.02. The van der Waals surface area contributed by atoms with Gasteiger partial charge < -0.3 is 33.5 Å². The lowest BCUT2D eigenvalue weighted by Crippen LogP contribution is -2.44. The second-order valence-corrected chi connectivity index (χ2v) is 7.82. The molecule has 0 bridgehead atoms. The van der Waals surface area contributed by atoms with Gasteiger partial charge in [-0.2, -0.15) is 0 Å². The molecular weight excluding hydrogens is 352 g/mol. The molecule has 27 heavy (non-hydrogen) atoms. The Bertz CT molecular complexity index is 613. The maximum Gasteiger partial charge on any atom is 0.164 e. The molecule has 3 rings (SSSR count). The number of ether oxygens (including phenoxy) is 6. The van der Waals surface area contributed by atoms with Crippen LogP contribution in [0, 0.1) is 0 Å². The van der Waals surface area contributed by atoms with Crippen molar-refractivity contribution < 1.29 is 33.5 Å². The van der Waals surface area contributed by atoms with Gasteiger partial charge in [-0.1, -0.05) is 12.1 Å². The molecule has 2 heterocycles. The molecule has 0 aromatic heterocycles. The van der Waals surface area contributed by atoms with E-state index in [0.717, 1.165) is 11.3 Å². The fourth-order valence-corrected chi connectivity index (χ4v) is 3.57. The number of methoxy groups -OCH3 is 1. The first-order valence-electron chi connectivity index (χ1n) is 9.26. The molecule has 0 spiro atoms. The number of benzene rings is 1. The number of rotatable bonds is 7. The van der Waals surface area contributed by atoms with Crippen molar-refractivity contribution in [2.24, 2.45) is 0 Å². The van der Waals surface area contributed by atoms with Gasteiger partial charge in [0, 0.05) is 0 Å². The largest absolute Gasteiger partial charge is 0.497 e. The molecule has 2 aliphatic rings. The van der Waals surface area contributed by atoms with Crippen LogP contribution in [0.2, 0.25) is 0 Å². The maximum atomic E-state index is 9.67. The van der Waals surface area contributed by atoms with Gasteiger partial charge in [-0.25, -0.2) is 0 Å². The molecule has 7 nitrogen and oxygen atoms in total. The Labute approximate surface area is 160 Å². The van der Waals surface area contributed by atoms with Crippen molar-refractivity contribution in [1.29, 1.82) is 0 Å². The van der Waals surface area contributed by atoms with Crippen LogP contribution < -0.4 is 4.74 Å². The first-order chi connectivity index (χ1) is 12.7. The molecule has 4 atom stereocenters. The maximum absolute atomic E-state index is 9.67. The molecule has 0 aliphatic carbocycles. The first-order valence-corrected chi connectivity index (χ1v) is 9.26. The highest BCUT2D eigenvalue weighted by Gasteiger charge is 2.53. The first kappa shape index (κ1) is 20.5. The van der Waals surface area contributed by atoms with E-state index in [0.29, 0.717) is 13.2 Å². The van der Waals surface area contributed by atoms with Crippen LogP contribution in [0.15, 0.2) is 24.3 Å². The average Bonchev–Trinajstić information content (AvgIpc) is 3.10. The lowest BCUT2D eigenvalue weighted by atomic mass is 10.0. The lowest BCUT2D eigenvalue weighted by molar-refractivity contribution is -0.175. The van der Waals surface area contributed by atoms with Gasteiger partial charge in [-0.05, 0) is 45.4 Å². The quantitative estimate of drug-likeness (QED) is 0.775. The van der Waals surface area contributed by atoms with Crippen molar-refractivity contribution in [2.45, 2.75) is 70.3 Å². The van der Waals surface area contributed by atoms with Crippen molar-refractivity contribution in [2.75, 3.05) is 20.3 Å². The Morgan fingerprint density at radius 1 is 0.889 bits per heavy atom. The summed E-state index contributed by atoms with van der Waals surface area (Å²) in [4.78, 5) is 0. The Kier molecular flexibility index (Phi) is 6.10. The highest BCUT2D eigenvalue weighted by Crippen LogP contribution is 2.38. The molecule has 1 aromatic rings. The Morgan fingerprint density at radius 2 is 1.44 bits per heavy atom. The third kappa shape index (κ3) is 4.99. The van der Waals surface area contributed by atoms with Crippen LogP contribution in [0.25, 0.3) is 0 Å². The Morgan fingerprint density at radius 3 is 2.00 bits per heavy atom. The summed E-state index contributed by atoms with van der Waals surface area (Å²) in [6, 6.07) is 7.73. The highest BCUT2D eigenvalue weighted by atomic mass is 16.8. The summed E-state index contributed by atoms with van der Waals surface area (Å²) in [7, 11) is 1.64. The number of hydrogen-bond donors (Lipinski definition) is 1. The second kappa shape index (κ2) is 8.03. The normalized spacial score (nSPS) is 31.9. The molecule has 1 aromatic carbocycles. The lowest BCUT2D eigenvalue weighted by Gasteiger charge is -2.25. The van der Waals surface area contributed by atoms with Crippen LogP contribution in [0.4, 0.5) is 0 Å². The van der Waals surface area contributed by atoms with Crippen LogP contribution >= 0.6 is 0 Å². The van der Waals surface area contributed by atoms with Gasteiger partial charge in [0.05, 0.1) is 26.9 Å². The molecule has 2 saturated heterocycles. The fraction of sp³-hybridized carbons (Fsp3) is 0.700. The van der Waals surface area contributed by atoms with Gasteiger partial charge in [-0.15, -0.1) is 0 Å². The van der Waals surface area contributed by atoms with Crippen molar-refractivity contribution >= 4 is 0 Å². The van der Waals surface area contributed by atoms with E-state index >= 15 is 0 Å². The highest BCUT2D eigenvalue weighted by molar-refractivity contribution is 5.26. The van der Waals surface area contributed by atoms with E-state index in [4.69, 9.17) is 28.4 Å². The molecule has 152 valence electrons. The smallest absolute Gasteiger partial charge is 0.164 e. The van der Waals surface area contributed by atoms with Gasteiger partial charge in [-0.3, -0.25) is 0 Å². The van der Waals surface area contributed by atoms with Crippen molar-refractivity contribution in [3.8, 4) is 5.75 Å². The third-order valence-electron chi connectivity index (χ3n) is 4.66. The minimum atomic E-state index is -0.775. The molecular formula is C20H30O7. The molecule has 2 aliphatic heterocycles. The van der Waals surface area contributed by atoms with Crippen molar-refractivity contribution in [3.05, 3.63) is 29.8 Å². The van der Waals surface area contributed by atoms with Gasteiger partial charge >= 0.3 is 0 Å². The Balaban J connectivity index is 1.61. The molecule has 0 amide bonds. The zero-order valence-corrected chi connectivity index (χ0v) is 16.6. The second-order valence-electron chi connectivity index (χ2n) is 7.82. The number of aliphatic hydroxyl groups is 1.